The number of hydrogen-bond acceptors (Lipinski definition) is 5. The van der Waals surface area contributed by atoms with E-state index in [0.29, 0.717) is 12.4 Å². The molecule has 3 aromatic rings. The highest BCUT2D eigenvalue weighted by Crippen LogP contribution is 2.26. The van der Waals surface area contributed by atoms with Crippen molar-refractivity contribution in [2.24, 2.45) is 0 Å². The van der Waals surface area contributed by atoms with Gasteiger partial charge in [0.15, 0.2) is 6.10 Å². The van der Waals surface area contributed by atoms with Crippen LogP contribution in [0.25, 0.3) is 11.0 Å². The average molecular weight is 410 g/mol. The third kappa shape index (κ3) is 4.92. The van der Waals surface area contributed by atoms with Crippen LogP contribution in [-0.2, 0) is 16.0 Å². The normalized spacial score (nSPS) is 11.7. The summed E-state index contributed by atoms with van der Waals surface area (Å²) in [7, 11) is 0. The molecule has 0 saturated heterocycles. The molecule has 0 aliphatic heterocycles. The highest BCUT2D eigenvalue weighted by molar-refractivity contribution is 5.90. The van der Waals surface area contributed by atoms with Gasteiger partial charge in [-0.05, 0) is 63.1 Å². The van der Waals surface area contributed by atoms with Crippen LogP contribution < -0.4 is 20.3 Å². The van der Waals surface area contributed by atoms with Gasteiger partial charge in [-0.15, -0.1) is 0 Å². The van der Waals surface area contributed by atoms with Gasteiger partial charge >= 0.3 is 0 Å². The predicted molar refractivity (Wildman–Crippen MR) is 113 cm³/mol. The summed E-state index contributed by atoms with van der Waals surface area (Å²) in [6.45, 7) is 8.08. The molecule has 0 unspecified atom stereocenters. The van der Waals surface area contributed by atoms with Gasteiger partial charge in [-0.2, -0.15) is 0 Å². The SMILES string of the molecule is CCOc1ccc(O[C@H](C)C(=O)NNC(=O)Cc2coc3c(C)c(C)ccc23)cc1. The molecule has 1 heterocycles. The van der Waals surface area contributed by atoms with E-state index in [9.17, 15) is 9.59 Å². The monoisotopic (exact) mass is 410 g/mol. The Labute approximate surface area is 175 Å². The van der Waals surface area contributed by atoms with Crippen molar-refractivity contribution in [3.05, 3.63) is 59.4 Å². The molecule has 30 heavy (non-hydrogen) atoms. The Kier molecular flexibility index (Phi) is 6.61. The largest absolute Gasteiger partial charge is 0.494 e. The van der Waals surface area contributed by atoms with Crippen LogP contribution in [0.2, 0.25) is 0 Å². The van der Waals surface area contributed by atoms with Gasteiger partial charge in [-0.1, -0.05) is 12.1 Å². The van der Waals surface area contributed by atoms with Crippen molar-refractivity contribution in [1.82, 2.24) is 10.9 Å². The summed E-state index contributed by atoms with van der Waals surface area (Å²) in [6.07, 6.45) is 0.878. The minimum Gasteiger partial charge on any atom is -0.494 e. The molecule has 2 N–H and O–H groups in total. The molecule has 1 aromatic heterocycles. The molecule has 0 aliphatic carbocycles. The topological polar surface area (TPSA) is 89.8 Å². The van der Waals surface area contributed by atoms with Crippen molar-refractivity contribution in [2.75, 3.05) is 6.61 Å². The number of fused-ring (bicyclic) bond motifs is 1. The van der Waals surface area contributed by atoms with Crippen LogP contribution >= 0.6 is 0 Å². The second-order valence-corrected chi connectivity index (χ2v) is 7.02. The Morgan fingerprint density at radius 3 is 2.43 bits per heavy atom. The first-order chi connectivity index (χ1) is 14.4. The summed E-state index contributed by atoms with van der Waals surface area (Å²) < 4.78 is 16.6. The molecule has 0 bridgehead atoms. The van der Waals surface area contributed by atoms with Gasteiger partial charge in [-0.25, -0.2) is 0 Å². The Morgan fingerprint density at radius 2 is 1.73 bits per heavy atom. The molecule has 2 amide bonds. The van der Waals surface area contributed by atoms with Crippen molar-refractivity contribution < 1.29 is 23.5 Å². The van der Waals surface area contributed by atoms with E-state index >= 15 is 0 Å². The molecule has 0 fully saturated rings. The fourth-order valence-electron chi connectivity index (χ4n) is 3.01. The molecule has 158 valence electrons. The van der Waals surface area contributed by atoms with Crippen LogP contribution in [0.3, 0.4) is 0 Å². The molecule has 0 saturated carbocycles. The van der Waals surface area contributed by atoms with Gasteiger partial charge in [0.05, 0.1) is 19.3 Å². The highest BCUT2D eigenvalue weighted by atomic mass is 16.5. The number of hydrazine groups is 1. The fourth-order valence-corrected chi connectivity index (χ4v) is 3.01. The number of carbonyl (C=O) groups excluding carboxylic acids is 2. The zero-order valence-electron chi connectivity index (χ0n) is 17.6. The number of nitrogens with one attached hydrogen (secondary N) is 2. The molecular weight excluding hydrogens is 384 g/mol. The minimum absolute atomic E-state index is 0.0872. The zero-order chi connectivity index (χ0) is 21.7. The van der Waals surface area contributed by atoms with E-state index in [1.165, 1.54) is 0 Å². The maximum atomic E-state index is 12.3. The van der Waals surface area contributed by atoms with Crippen LogP contribution in [0.1, 0.15) is 30.5 Å². The lowest BCUT2D eigenvalue weighted by Gasteiger charge is -2.15. The minimum atomic E-state index is -0.788. The number of benzene rings is 2. The van der Waals surface area contributed by atoms with Crippen molar-refractivity contribution in [3.8, 4) is 11.5 Å². The van der Waals surface area contributed by atoms with Crippen molar-refractivity contribution in [2.45, 2.75) is 40.2 Å². The van der Waals surface area contributed by atoms with Gasteiger partial charge in [-0.3, -0.25) is 20.4 Å². The van der Waals surface area contributed by atoms with Crippen molar-refractivity contribution in [1.29, 1.82) is 0 Å². The lowest BCUT2D eigenvalue weighted by atomic mass is 10.0. The maximum absolute atomic E-state index is 12.3. The van der Waals surface area contributed by atoms with Gasteiger partial charge in [0.2, 0.25) is 5.91 Å². The van der Waals surface area contributed by atoms with E-state index in [1.807, 2.05) is 32.9 Å². The van der Waals surface area contributed by atoms with Crippen LogP contribution in [0.5, 0.6) is 11.5 Å². The number of ether oxygens (including phenoxy) is 2. The first-order valence-corrected chi connectivity index (χ1v) is 9.83. The van der Waals surface area contributed by atoms with E-state index in [0.717, 1.165) is 33.4 Å². The van der Waals surface area contributed by atoms with Crippen LogP contribution in [0.4, 0.5) is 0 Å². The molecular formula is C23H26N2O5. The molecule has 0 aliphatic rings. The number of furan rings is 1. The molecule has 2 aromatic carbocycles. The summed E-state index contributed by atoms with van der Waals surface area (Å²) >= 11 is 0. The average Bonchev–Trinajstić information content (AvgIpc) is 3.13. The third-order valence-corrected chi connectivity index (χ3v) is 4.83. The first kappa shape index (κ1) is 21.2. The van der Waals surface area contributed by atoms with E-state index in [4.69, 9.17) is 13.9 Å². The Morgan fingerprint density at radius 1 is 1.03 bits per heavy atom. The number of aryl methyl sites for hydroxylation is 2. The van der Waals surface area contributed by atoms with E-state index < -0.39 is 12.0 Å². The number of amides is 2. The molecule has 7 nitrogen and oxygen atoms in total. The van der Waals surface area contributed by atoms with Crippen molar-refractivity contribution >= 4 is 22.8 Å². The summed E-state index contributed by atoms with van der Waals surface area (Å²) in [4.78, 5) is 24.5. The van der Waals surface area contributed by atoms with E-state index in [-0.39, 0.29) is 12.3 Å². The second-order valence-electron chi connectivity index (χ2n) is 7.02. The first-order valence-electron chi connectivity index (χ1n) is 9.83. The van der Waals surface area contributed by atoms with Crippen LogP contribution in [0.15, 0.2) is 47.1 Å². The number of carbonyl (C=O) groups is 2. The number of rotatable bonds is 7. The molecule has 7 heteroatoms. The maximum Gasteiger partial charge on any atom is 0.279 e. The number of hydrogen-bond donors (Lipinski definition) is 2. The highest BCUT2D eigenvalue weighted by Gasteiger charge is 2.17. The van der Waals surface area contributed by atoms with Crippen LogP contribution in [-0.4, -0.2) is 24.5 Å². The zero-order valence-corrected chi connectivity index (χ0v) is 17.6. The lowest BCUT2D eigenvalue weighted by Crippen LogP contribution is -2.47. The molecule has 3 rings (SSSR count). The predicted octanol–water partition coefficient (Wildman–Crippen LogP) is 3.61. The van der Waals surface area contributed by atoms with E-state index in [1.54, 1.807) is 37.5 Å². The summed E-state index contributed by atoms with van der Waals surface area (Å²) in [5.74, 6) is 0.451. The molecule has 0 spiro atoms. The quantitative estimate of drug-likeness (QED) is 0.581. The summed E-state index contributed by atoms with van der Waals surface area (Å²) in [6, 6.07) is 10.9. The Hall–Kier alpha value is -3.48. The Balaban J connectivity index is 1.51. The summed E-state index contributed by atoms with van der Waals surface area (Å²) in [5, 5.41) is 0.895. The third-order valence-electron chi connectivity index (χ3n) is 4.83. The Bertz CT molecular complexity index is 1040. The molecule has 0 radical (unpaired) electrons. The molecule has 1 atom stereocenters. The lowest BCUT2D eigenvalue weighted by molar-refractivity contribution is -0.132. The van der Waals surface area contributed by atoms with Crippen LogP contribution in [0, 0.1) is 13.8 Å². The fraction of sp³-hybridized carbons (Fsp3) is 0.304. The van der Waals surface area contributed by atoms with E-state index in [2.05, 4.69) is 10.9 Å². The van der Waals surface area contributed by atoms with Gasteiger partial charge < -0.3 is 13.9 Å². The standard InChI is InChI=1S/C23H26N2O5/c1-5-28-18-7-9-19(10-8-18)30-16(4)23(27)25-24-21(26)12-17-13-29-22-15(3)14(2)6-11-20(17)22/h6-11,13,16H,5,12H2,1-4H3,(H,24,26)(H,25,27)/t16-/m1/s1. The summed E-state index contributed by atoms with van der Waals surface area (Å²) in [5.41, 5.74) is 8.54. The van der Waals surface area contributed by atoms with Gasteiger partial charge in [0.25, 0.3) is 5.91 Å². The van der Waals surface area contributed by atoms with Crippen molar-refractivity contribution in [3.63, 3.8) is 0 Å². The smallest absolute Gasteiger partial charge is 0.279 e. The second kappa shape index (κ2) is 9.35. The van der Waals surface area contributed by atoms with Gasteiger partial charge in [0.1, 0.15) is 17.1 Å². The van der Waals surface area contributed by atoms with Gasteiger partial charge in [0, 0.05) is 10.9 Å².